The normalized spacial score (nSPS) is 29.9. The van der Waals surface area contributed by atoms with Gasteiger partial charge in [0.25, 0.3) is 0 Å². The lowest BCUT2D eigenvalue weighted by Crippen LogP contribution is -2.58. The van der Waals surface area contributed by atoms with Crippen LogP contribution in [0.4, 0.5) is 0 Å². The molecule has 3 N–H and O–H groups in total. The zero-order valence-corrected chi connectivity index (χ0v) is 11.8. The van der Waals surface area contributed by atoms with Crippen molar-refractivity contribution in [2.45, 2.75) is 58.9 Å². The summed E-state index contributed by atoms with van der Waals surface area (Å²) in [5, 5.41) is 3.42. The highest BCUT2D eigenvalue weighted by molar-refractivity contribution is 5.84. The second kappa shape index (κ2) is 5.85. The van der Waals surface area contributed by atoms with Gasteiger partial charge in [0.2, 0.25) is 5.91 Å². The van der Waals surface area contributed by atoms with Crippen LogP contribution in [-0.2, 0) is 4.79 Å². The fraction of sp³-hybridized carbons (Fsp3) is 0.929. The van der Waals surface area contributed by atoms with Gasteiger partial charge in [-0.05, 0) is 50.0 Å². The lowest BCUT2D eigenvalue weighted by Gasteiger charge is -2.40. The van der Waals surface area contributed by atoms with Crippen molar-refractivity contribution in [2.24, 2.45) is 23.5 Å². The lowest BCUT2D eigenvalue weighted by molar-refractivity contribution is -0.126. The Bertz CT molecular complexity index is 253. The monoisotopic (exact) mass is 240 g/mol. The van der Waals surface area contributed by atoms with Gasteiger partial charge in [-0.15, -0.1) is 0 Å². The van der Waals surface area contributed by atoms with Gasteiger partial charge >= 0.3 is 0 Å². The summed E-state index contributed by atoms with van der Waals surface area (Å²) in [5.41, 5.74) is 5.17. The summed E-state index contributed by atoms with van der Waals surface area (Å²) in [6.07, 6.45) is 4.03. The van der Waals surface area contributed by atoms with Crippen molar-refractivity contribution in [1.82, 2.24) is 5.32 Å². The Balaban J connectivity index is 2.60. The molecule has 0 atom stereocenters. The first kappa shape index (κ1) is 14.5. The topological polar surface area (TPSA) is 55.1 Å². The van der Waals surface area contributed by atoms with E-state index in [1.807, 2.05) is 0 Å². The predicted octanol–water partition coefficient (Wildman–Crippen LogP) is 2.30. The van der Waals surface area contributed by atoms with Crippen LogP contribution < -0.4 is 11.1 Å². The zero-order valence-electron chi connectivity index (χ0n) is 11.8. The first-order chi connectivity index (χ1) is 7.87. The summed E-state index contributed by atoms with van der Waals surface area (Å²) in [5.74, 6) is 1.85. The molecule has 0 saturated heterocycles. The Hall–Kier alpha value is -0.570. The van der Waals surface area contributed by atoms with Crippen molar-refractivity contribution in [3.63, 3.8) is 0 Å². The molecular weight excluding hydrogens is 212 g/mol. The van der Waals surface area contributed by atoms with E-state index in [2.05, 4.69) is 33.0 Å². The van der Waals surface area contributed by atoms with E-state index in [0.29, 0.717) is 11.8 Å². The maximum Gasteiger partial charge on any atom is 0.237 e. The number of primary amides is 1. The first-order valence-electron chi connectivity index (χ1n) is 6.92. The van der Waals surface area contributed by atoms with E-state index >= 15 is 0 Å². The van der Waals surface area contributed by atoms with Gasteiger partial charge in [0.15, 0.2) is 0 Å². The summed E-state index contributed by atoms with van der Waals surface area (Å²) in [6, 6.07) is 0. The van der Waals surface area contributed by atoms with Crippen molar-refractivity contribution < 1.29 is 4.79 Å². The molecule has 0 aromatic carbocycles. The summed E-state index contributed by atoms with van der Waals surface area (Å²) in [6.45, 7) is 9.71. The molecule has 0 unspecified atom stereocenters. The molecule has 0 bridgehead atoms. The van der Waals surface area contributed by atoms with E-state index in [1.54, 1.807) is 0 Å². The minimum absolute atomic E-state index is 0.166. The van der Waals surface area contributed by atoms with Crippen LogP contribution in [-0.4, -0.2) is 18.0 Å². The second-order valence-corrected chi connectivity index (χ2v) is 6.30. The van der Waals surface area contributed by atoms with Crippen LogP contribution in [0.25, 0.3) is 0 Å². The van der Waals surface area contributed by atoms with Crippen molar-refractivity contribution in [1.29, 1.82) is 0 Å². The summed E-state index contributed by atoms with van der Waals surface area (Å²) >= 11 is 0. The number of rotatable bonds is 5. The highest BCUT2D eigenvalue weighted by Crippen LogP contribution is 2.35. The first-order valence-corrected chi connectivity index (χ1v) is 6.92. The summed E-state index contributed by atoms with van der Waals surface area (Å²) in [4.78, 5) is 11.7. The van der Waals surface area contributed by atoms with Crippen molar-refractivity contribution >= 4 is 5.91 Å². The molecule has 1 fully saturated rings. The molecule has 0 aromatic rings. The van der Waals surface area contributed by atoms with Crippen LogP contribution in [0.1, 0.15) is 53.4 Å². The number of carbonyl (C=O) groups is 1. The molecule has 0 heterocycles. The van der Waals surface area contributed by atoms with Gasteiger partial charge in [-0.2, -0.15) is 0 Å². The fourth-order valence-electron chi connectivity index (χ4n) is 2.71. The van der Waals surface area contributed by atoms with Crippen LogP contribution in [0.15, 0.2) is 0 Å². The maximum atomic E-state index is 11.7. The van der Waals surface area contributed by atoms with E-state index in [9.17, 15) is 4.79 Å². The number of amides is 1. The highest BCUT2D eigenvalue weighted by atomic mass is 16.1. The quantitative estimate of drug-likeness (QED) is 0.774. The molecular formula is C14H28N2O. The van der Waals surface area contributed by atoms with Gasteiger partial charge in [-0.1, -0.05) is 27.7 Å². The van der Waals surface area contributed by atoms with Crippen molar-refractivity contribution in [3.8, 4) is 0 Å². The Morgan fingerprint density at radius 1 is 1.29 bits per heavy atom. The number of hydrogen-bond acceptors (Lipinski definition) is 2. The van der Waals surface area contributed by atoms with Crippen molar-refractivity contribution in [2.75, 3.05) is 6.54 Å². The third-order valence-electron chi connectivity index (χ3n) is 4.15. The lowest BCUT2D eigenvalue weighted by atomic mass is 9.72. The Morgan fingerprint density at radius 2 is 1.82 bits per heavy atom. The van der Waals surface area contributed by atoms with Crippen LogP contribution in [0.2, 0.25) is 0 Å². The average Bonchev–Trinajstić information content (AvgIpc) is 2.26. The van der Waals surface area contributed by atoms with Gasteiger partial charge in [0.05, 0.1) is 5.54 Å². The van der Waals surface area contributed by atoms with E-state index in [1.165, 1.54) is 0 Å². The smallest absolute Gasteiger partial charge is 0.237 e. The highest BCUT2D eigenvalue weighted by Gasteiger charge is 2.40. The standard InChI is InChI=1S/C14H28N2O/c1-10(2)9-16-14(13(15)17)7-5-12(6-8-14)11(3)4/h10-12,16H,5-9H2,1-4H3,(H2,15,17). The minimum atomic E-state index is -0.435. The Kier molecular flexibility index (Phi) is 4.99. The Morgan fingerprint density at radius 3 is 2.18 bits per heavy atom. The molecule has 100 valence electrons. The van der Waals surface area contributed by atoms with Crippen LogP contribution in [0, 0.1) is 17.8 Å². The average molecular weight is 240 g/mol. The molecule has 1 rings (SSSR count). The summed E-state index contributed by atoms with van der Waals surface area (Å²) < 4.78 is 0. The number of nitrogens with one attached hydrogen (secondary N) is 1. The minimum Gasteiger partial charge on any atom is -0.368 e. The van der Waals surface area contributed by atoms with Crippen LogP contribution in [0.3, 0.4) is 0 Å². The SMILES string of the molecule is CC(C)CNC1(C(N)=O)CCC(C(C)C)CC1. The number of carbonyl (C=O) groups excluding carboxylic acids is 1. The van der Waals surface area contributed by atoms with E-state index in [4.69, 9.17) is 5.73 Å². The second-order valence-electron chi connectivity index (χ2n) is 6.30. The third-order valence-corrected chi connectivity index (χ3v) is 4.15. The van der Waals surface area contributed by atoms with Gasteiger partial charge in [0, 0.05) is 0 Å². The largest absolute Gasteiger partial charge is 0.368 e. The van der Waals surface area contributed by atoms with E-state index in [0.717, 1.165) is 38.1 Å². The zero-order chi connectivity index (χ0) is 13.1. The Labute approximate surface area is 106 Å². The molecule has 0 spiro atoms. The molecule has 0 radical (unpaired) electrons. The maximum absolute atomic E-state index is 11.7. The molecule has 3 nitrogen and oxygen atoms in total. The van der Waals surface area contributed by atoms with E-state index < -0.39 is 5.54 Å². The van der Waals surface area contributed by atoms with Crippen LogP contribution in [0.5, 0.6) is 0 Å². The van der Waals surface area contributed by atoms with E-state index in [-0.39, 0.29) is 5.91 Å². The molecule has 1 aliphatic carbocycles. The van der Waals surface area contributed by atoms with Gasteiger partial charge in [-0.3, -0.25) is 4.79 Å². The molecule has 0 aromatic heterocycles. The summed E-state index contributed by atoms with van der Waals surface area (Å²) in [7, 11) is 0. The third kappa shape index (κ3) is 3.70. The number of nitrogens with two attached hydrogens (primary N) is 1. The van der Waals surface area contributed by atoms with Crippen LogP contribution >= 0.6 is 0 Å². The van der Waals surface area contributed by atoms with Gasteiger partial charge in [0.1, 0.15) is 0 Å². The molecule has 3 heteroatoms. The predicted molar refractivity (Wildman–Crippen MR) is 71.6 cm³/mol. The molecule has 17 heavy (non-hydrogen) atoms. The van der Waals surface area contributed by atoms with Crippen molar-refractivity contribution in [3.05, 3.63) is 0 Å². The molecule has 0 aliphatic heterocycles. The molecule has 1 amide bonds. The molecule has 1 saturated carbocycles. The van der Waals surface area contributed by atoms with Gasteiger partial charge in [-0.25, -0.2) is 0 Å². The van der Waals surface area contributed by atoms with Gasteiger partial charge < -0.3 is 11.1 Å². The fourth-order valence-corrected chi connectivity index (χ4v) is 2.71. The number of hydrogen-bond donors (Lipinski definition) is 2. The molecule has 1 aliphatic rings.